The highest BCUT2D eigenvalue weighted by atomic mass is 16.5. The maximum atomic E-state index is 12.0. The first kappa shape index (κ1) is 16.4. The van der Waals surface area contributed by atoms with Crippen LogP contribution in [-0.4, -0.2) is 54.5 Å². The van der Waals surface area contributed by atoms with Gasteiger partial charge in [-0.05, 0) is 18.6 Å². The second kappa shape index (κ2) is 7.88. The van der Waals surface area contributed by atoms with Crippen molar-refractivity contribution in [3.63, 3.8) is 0 Å². The molecule has 0 saturated carbocycles. The molecule has 2 heterocycles. The number of fused-ring (bicyclic) bond motifs is 1. The number of nitrogens with one attached hydrogen (secondary N) is 1. The molecular formula is C18H21N3O3. The van der Waals surface area contributed by atoms with Crippen LogP contribution >= 0.6 is 0 Å². The Labute approximate surface area is 140 Å². The Morgan fingerprint density at radius 2 is 1.92 bits per heavy atom. The highest BCUT2D eigenvalue weighted by Gasteiger charge is 2.17. The fourth-order valence-corrected chi connectivity index (χ4v) is 2.68. The fourth-order valence-electron chi connectivity index (χ4n) is 2.68. The molecule has 2 amide bonds. The van der Waals surface area contributed by atoms with Gasteiger partial charge in [0.05, 0.1) is 25.3 Å². The zero-order valence-corrected chi connectivity index (χ0v) is 13.5. The smallest absolute Gasteiger partial charge is 0.242 e. The summed E-state index contributed by atoms with van der Waals surface area (Å²) in [6.45, 7) is 2.36. The van der Waals surface area contributed by atoms with Gasteiger partial charge < -0.3 is 15.0 Å². The van der Waals surface area contributed by atoms with E-state index >= 15 is 0 Å². The van der Waals surface area contributed by atoms with E-state index in [0.29, 0.717) is 39.1 Å². The predicted octanol–water partition coefficient (Wildman–Crippen LogP) is 1.14. The molecule has 3 rings (SSSR count). The normalized spacial score (nSPS) is 14.6. The van der Waals surface area contributed by atoms with Crippen LogP contribution in [0.1, 0.15) is 12.1 Å². The molecule has 24 heavy (non-hydrogen) atoms. The zero-order chi connectivity index (χ0) is 16.8. The molecule has 0 atom stereocenters. The van der Waals surface area contributed by atoms with Crippen molar-refractivity contribution in [1.29, 1.82) is 0 Å². The molecule has 1 aliphatic heterocycles. The largest absolute Gasteiger partial charge is 0.378 e. The third-order valence-electron chi connectivity index (χ3n) is 4.06. The summed E-state index contributed by atoms with van der Waals surface area (Å²) in [4.78, 5) is 30.2. The van der Waals surface area contributed by atoms with E-state index in [9.17, 15) is 9.59 Å². The first-order chi connectivity index (χ1) is 11.7. The Morgan fingerprint density at radius 3 is 2.75 bits per heavy atom. The average molecular weight is 327 g/mol. The van der Waals surface area contributed by atoms with Crippen molar-refractivity contribution in [2.75, 3.05) is 32.8 Å². The van der Waals surface area contributed by atoms with Crippen LogP contribution in [-0.2, 0) is 20.7 Å². The van der Waals surface area contributed by atoms with Gasteiger partial charge in [-0.25, -0.2) is 0 Å². The number of carbonyl (C=O) groups is 2. The molecular weight excluding hydrogens is 306 g/mol. The molecule has 1 saturated heterocycles. The van der Waals surface area contributed by atoms with Crippen LogP contribution < -0.4 is 5.32 Å². The lowest BCUT2D eigenvalue weighted by Gasteiger charge is -2.26. The van der Waals surface area contributed by atoms with Crippen LogP contribution in [0.3, 0.4) is 0 Å². The maximum absolute atomic E-state index is 12.0. The lowest BCUT2D eigenvalue weighted by molar-refractivity contribution is -0.136. The van der Waals surface area contributed by atoms with Gasteiger partial charge in [-0.2, -0.15) is 0 Å². The number of para-hydroxylation sites is 1. The van der Waals surface area contributed by atoms with Gasteiger partial charge in [-0.15, -0.1) is 0 Å². The molecule has 0 unspecified atom stereocenters. The van der Waals surface area contributed by atoms with Crippen molar-refractivity contribution in [1.82, 2.24) is 15.2 Å². The molecule has 126 valence electrons. The molecule has 1 N–H and O–H groups in total. The highest BCUT2D eigenvalue weighted by Crippen LogP contribution is 2.12. The molecule has 0 radical (unpaired) electrons. The standard InChI is InChI=1S/C18H21N3O3/c22-17(19-13-18(23)21-9-11-24-12-10-21)8-7-15-6-5-14-3-1-2-4-16(14)20-15/h1-6H,7-13H2,(H,19,22). The summed E-state index contributed by atoms with van der Waals surface area (Å²) in [5.41, 5.74) is 1.81. The van der Waals surface area contributed by atoms with Crippen molar-refractivity contribution < 1.29 is 14.3 Å². The van der Waals surface area contributed by atoms with E-state index in [1.807, 2.05) is 36.4 Å². The number of hydrogen-bond acceptors (Lipinski definition) is 4. The summed E-state index contributed by atoms with van der Waals surface area (Å²) in [7, 11) is 0. The lowest BCUT2D eigenvalue weighted by atomic mass is 10.1. The second-order valence-corrected chi connectivity index (χ2v) is 5.77. The van der Waals surface area contributed by atoms with E-state index < -0.39 is 0 Å². The fraction of sp³-hybridized carbons (Fsp3) is 0.389. The van der Waals surface area contributed by atoms with Gasteiger partial charge in [-0.3, -0.25) is 14.6 Å². The Bertz CT molecular complexity index is 726. The number of morpholine rings is 1. The quantitative estimate of drug-likeness (QED) is 0.894. The molecule has 0 bridgehead atoms. The minimum atomic E-state index is -0.133. The summed E-state index contributed by atoms with van der Waals surface area (Å²) in [5.74, 6) is -0.193. The number of amides is 2. The number of ether oxygens (including phenoxy) is 1. The lowest BCUT2D eigenvalue weighted by Crippen LogP contribution is -2.45. The summed E-state index contributed by atoms with van der Waals surface area (Å²) < 4.78 is 5.21. The first-order valence-electron chi connectivity index (χ1n) is 8.19. The summed E-state index contributed by atoms with van der Waals surface area (Å²) in [5, 5.41) is 3.77. The van der Waals surface area contributed by atoms with Gasteiger partial charge in [-0.1, -0.05) is 24.3 Å². The SMILES string of the molecule is O=C(CCc1ccc2ccccc2n1)NCC(=O)N1CCOCC1. The van der Waals surface area contributed by atoms with Crippen molar-refractivity contribution in [2.24, 2.45) is 0 Å². The van der Waals surface area contributed by atoms with E-state index in [4.69, 9.17) is 4.74 Å². The summed E-state index contributed by atoms with van der Waals surface area (Å²) in [6, 6.07) is 11.8. The van der Waals surface area contributed by atoms with Crippen LogP contribution in [0, 0.1) is 0 Å². The molecule has 2 aromatic rings. The Kier molecular flexibility index (Phi) is 5.38. The molecule has 1 aromatic carbocycles. The van der Waals surface area contributed by atoms with Gasteiger partial charge in [0.25, 0.3) is 0 Å². The second-order valence-electron chi connectivity index (χ2n) is 5.77. The number of nitrogens with zero attached hydrogens (tertiary/aromatic N) is 2. The van der Waals surface area contributed by atoms with Crippen molar-refractivity contribution in [3.8, 4) is 0 Å². The maximum Gasteiger partial charge on any atom is 0.242 e. The number of hydrogen-bond donors (Lipinski definition) is 1. The minimum Gasteiger partial charge on any atom is -0.378 e. The molecule has 0 aliphatic carbocycles. The van der Waals surface area contributed by atoms with Crippen LogP contribution in [0.5, 0.6) is 0 Å². The van der Waals surface area contributed by atoms with Crippen LogP contribution in [0.15, 0.2) is 36.4 Å². The number of pyridine rings is 1. The van der Waals surface area contributed by atoms with Crippen molar-refractivity contribution >= 4 is 22.7 Å². The number of rotatable bonds is 5. The first-order valence-corrected chi connectivity index (χ1v) is 8.19. The molecule has 1 aromatic heterocycles. The number of benzene rings is 1. The Morgan fingerprint density at radius 1 is 1.12 bits per heavy atom. The van der Waals surface area contributed by atoms with Crippen molar-refractivity contribution in [3.05, 3.63) is 42.1 Å². The topological polar surface area (TPSA) is 71.5 Å². The minimum absolute atomic E-state index is 0.0456. The van der Waals surface area contributed by atoms with Gasteiger partial charge in [0.15, 0.2) is 0 Å². The van der Waals surface area contributed by atoms with E-state index in [-0.39, 0.29) is 18.4 Å². The zero-order valence-electron chi connectivity index (χ0n) is 13.5. The number of aryl methyl sites for hydroxylation is 1. The monoisotopic (exact) mass is 327 g/mol. The number of aromatic nitrogens is 1. The van der Waals surface area contributed by atoms with E-state index in [1.54, 1.807) is 4.90 Å². The number of carbonyl (C=O) groups excluding carboxylic acids is 2. The summed E-state index contributed by atoms with van der Waals surface area (Å²) >= 11 is 0. The summed E-state index contributed by atoms with van der Waals surface area (Å²) in [6.07, 6.45) is 0.879. The molecule has 6 nitrogen and oxygen atoms in total. The Balaban J connectivity index is 1.45. The van der Waals surface area contributed by atoms with Crippen LogP contribution in [0.25, 0.3) is 10.9 Å². The van der Waals surface area contributed by atoms with E-state index in [0.717, 1.165) is 16.6 Å². The predicted molar refractivity (Wildman–Crippen MR) is 90.5 cm³/mol. The molecule has 6 heteroatoms. The van der Waals surface area contributed by atoms with Crippen LogP contribution in [0.4, 0.5) is 0 Å². The Hall–Kier alpha value is -2.47. The third-order valence-corrected chi connectivity index (χ3v) is 4.06. The van der Waals surface area contributed by atoms with Gasteiger partial charge in [0.2, 0.25) is 11.8 Å². The van der Waals surface area contributed by atoms with Crippen molar-refractivity contribution in [2.45, 2.75) is 12.8 Å². The van der Waals surface area contributed by atoms with E-state index in [2.05, 4.69) is 10.3 Å². The molecule has 0 spiro atoms. The van der Waals surface area contributed by atoms with Gasteiger partial charge in [0, 0.05) is 30.6 Å². The van der Waals surface area contributed by atoms with E-state index in [1.165, 1.54) is 0 Å². The van der Waals surface area contributed by atoms with Gasteiger partial charge in [0.1, 0.15) is 0 Å². The van der Waals surface area contributed by atoms with Crippen LogP contribution in [0.2, 0.25) is 0 Å². The highest BCUT2D eigenvalue weighted by molar-refractivity contribution is 5.85. The average Bonchev–Trinajstić information content (AvgIpc) is 2.65. The molecule has 1 fully saturated rings. The third kappa shape index (κ3) is 4.29. The molecule has 1 aliphatic rings. The van der Waals surface area contributed by atoms with Gasteiger partial charge >= 0.3 is 0 Å².